The molecule has 1 fully saturated rings. The summed E-state index contributed by atoms with van der Waals surface area (Å²) >= 11 is 0. The van der Waals surface area contributed by atoms with E-state index < -0.39 is 15.6 Å². The van der Waals surface area contributed by atoms with Crippen molar-refractivity contribution < 1.29 is 45.8 Å². The number of aliphatic hydroxyl groups excluding tert-OH is 1. The number of esters is 1. The molecule has 0 spiro atoms. The van der Waals surface area contributed by atoms with Gasteiger partial charge in [0.2, 0.25) is 5.71 Å². The maximum Gasteiger partial charge on any atom is 0.485 e. The van der Waals surface area contributed by atoms with Gasteiger partial charge in [0.25, 0.3) is 0 Å². The molecule has 0 unspecified atom stereocenters. The van der Waals surface area contributed by atoms with Gasteiger partial charge in [-0.1, -0.05) is 43.0 Å². The number of hydrogen-bond acceptors (Lipinski definition) is 8. The molecule has 1 saturated carbocycles. The van der Waals surface area contributed by atoms with E-state index in [0.29, 0.717) is 11.6 Å². The molecule has 5 rings (SSSR count). The van der Waals surface area contributed by atoms with E-state index in [2.05, 4.69) is 128 Å². The molecule has 2 aliphatic carbocycles. The zero-order valence-corrected chi connectivity index (χ0v) is 33.5. The maximum absolute atomic E-state index is 12.1. The summed E-state index contributed by atoms with van der Waals surface area (Å²) in [4.78, 5) is 20.6. The van der Waals surface area contributed by atoms with Crippen molar-refractivity contribution in [1.29, 1.82) is 0 Å². The van der Waals surface area contributed by atoms with Crippen LogP contribution < -0.4 is 14.8 Å². The lowest BCUT2D eigenvalue weighted by atomic mass is 9.82. The Morgan fingerprint density at radius 1 is 0.875 bits per heavy atom. The fraction of sp³-hybridized carbons (Fsp3) is 0.395. The first-order valence-corrected chi connectivity index (χ1v) is 20.4. The van der Waals surface area contributed by atoms with Gasteiger partial charge >= 0.3 is 11.5 Å². The zero-order chi connectivity index (χ0) is 41.2. The Kier molecular flexibility index (Phi) is 15.3. The van der Waals surface area contributed by atoms with Crippen molar-refractivity contribution >= 4 is 44.3 Å². The highest BCUT2D eigenvalue weighted by atomic mass is 32.2. The average Bonchev–Trinajstić information content (AvgIpc) is 3.17. The molecule has 3 aromatic carbocycles. The van der Waals surface area contributed by atoms with Crippen LogP contribution in [0.15, 0.2) is 91.0 Å². The number of nitrogens with one attached hydrogen (secondary N) is 1. The lowest BCUT2D eigenvalue weighted by Crippen LogP contribution is -2.80. The molecule has 9 nitrogen and oxygen atoms in total. The number of rotatable bonds is 12. The number of allylic oxidation sites excluding steroid dienone is 3. The van der Waals surface area contributed by atoms with E-state index in [1.54, 1.807) is 6.92 Å². The van der Waals surface area contributed by atoms with Crippen LogP contribution in [0, 0.1) is 0 Å². The monoisotopic (exact) mass is 795 g/mol. The second-order valence-electron chi connectivity index (χ2n) is 13.7. The number of nitrogens with zero attached hydrogens (tertiary/aromatic N) is 2. The standard InChI is InChI=1S/C42H51N3O3.CHF3O3S/c1-7-44(8-2)33-19-15-30(16-20-33)41(36-24-21-34(27-31(36)28-46)45(9-3)10-4)39-25-26-40(38-14-12-11-13-37(38)39)43-32-17-22-35(23-18-32)48-42(47)29(5)6;2-1(3,4)8(5,6)7/h11-16,19-21,24-27,32,35,46H,5,7-10,17-18,22-23,28H2,1-4,6H3;(H,5,6,7). The molecule has 0 radical (unpaired) electrons. The number of benzene rings is 3. The van der Waals surface area contributed by atoms with Gasteiger partial charge in [0.15, 0.2) is 16.2 Å². The minimum absolute atomic E-state index is 0.0482. The lowest BCUT2D eigenvalue weighted by Gasteiger charge is -2.26. The van der Waals surface area contributed by atoms with Crippen LogP contribution in [0.3, 0.4) is 0 Å². The van der Waals surface area contributed by atoms with Gasteiger partial charge in [0.1, 0.15) is 6.10 Å². The number of ether oxygens (including phenoxy) is 1. The molecule has 302 valence electrons. The smallest absolute Gasteiger partial charge is 0.485 e. The van der Waals surface area contributed by atoms with Crippen molar-refractivity contribution in [3.05, 3.63) is 119 Å². The number of carbonyl (C=O) groups is 1. The van der Waals surface area contributed by atoms with Crippen LogP contribution in [0.5, 0.6) is 0 Å². The summed E-state index contributed by atoms with van der Waals surface area (Å²) in [6, 6.07) is 24.3. The molecule has 56 heavy (non-hydrogen) atoms. The molecule has 0 aromatic heterocycles. The van der Waals surface area contributed by atoms with Gasteiger partial charge in [-0.2, -0.15) is 13.2 Å². The van der Waals surface area contributed by atoms with E-state index in [-0.39, 0.29) is 18.7 Å². The number of fused-ring (bicyclic) bond motifs is 1. The Hall–Kier alpha value is -4.72. The highest BCUT2D eigenvalue weighted by Gasteiger charge is 2.37. The fourth-order valence-electron chi connectivity index (χ4n) is 7.06. The van der Waals surface area contributed by atoms with Gasteiger partial charge in [-0.05, 0) is 117 Å². The predicted molar refractivity (Wildman–Crippen MR) is 215 cm³/mol. The summed E-state index contributed by atoms with van der Waals surface area (Å²) < 4.78 is 64.5. The lowest BCUT2D eigenvalue weighted by molar-refractivity contribution is -0.507. The third-order valence-corrected chi connectivity index (χ3v) is 10.6. The van der Waals surface area contributed by atoms with Crippen molar-refractivity contribution in [3.8, 4) is 0 Å². The average molecular weight is 796 g/mol. The molecular formula is C43H52F3N3O6S. The Morgan fingerprint density at radius 2 is 1.41 bits per heavy atom. The Balaban J connectivity index is 0.000000784. The first-order valence-electron chi connectivity index (χ1n) is 18.9. The fourth-order valence-corrected chi connectivity index (χ4v) is 7.06. The quantitative estimate of drug-likeness (QED) is 0.0894. The minimum atomic E-state index is -6.09. The topological polar surface area (TPSA) is 124 Å². The SMILES string of the molecule is C=C(C)C(=O)OC1CCC([NH+]=C2C=CC(=C(c3ccc(N(CC)CC)cc3)c3ccc(N(CC)CC)cc3CO)c3ccccc32)CC1.O=S(=O)([O-])C(F)(F)F. The van der Waals surface area contributed by atoms with Crippen molar-refractivity contribution in [2.24, 2.45) is 0 Å². The molecule has 0 heterocycles. The van der Waals surface area contributed by atoms with E-state index >= 15 is 0 Å². The molecule has 0 bridgehead atoms. The molecule has 3 aromatic rings. The Labute approximate surface area is 328 Å². The van der Waals surface area contributed by atoms with Crippen molar-refractivity contribution in [2.45, 2.75) is 84.6 Å². The van der Waals surface area contributed by atoms with Gasteiger partial charge in [-0.25, -0.2) is 18.2 Å². The summed E-state index contributed by atoms with van der Waals surface area (Å²) in [5.74, 6) is -0.296. The molecule has 13 heteroatoms. The molecule has 0 atom stereocenters. The molecule has 0 amide bonds. The van der Waals surface area contributed by atoms with E-state index in [1.165, 1.54) is 5.69 Å². The van der Waals surface area contributed by atoms with Gasteiger partial charge in [0, 0.05) is 62.0 Å². The van der Waals surface area contributed by atoms with Crippen LogP contribution in [0.25, 0.3) is 11.1 Å². The molecule has 0 aliphatic heterocycles. The largest absolute Gasteiger partial charge is 0.741 e. The third kappa shape index (κ3) is 10.8. The normalized spacial score (nSPS) is 18.4. The summed E-state index contributed by atoms with van der Waals surface area (Å²) in [6.45, 7) is 17.8. The third-order valence-electron chi connectivity index (χ3n) is 10.1. The summed E-state index contributed by atoms with van der Waals surface area (Å²) in [5.41, 5.74) is 5.86. The first kappa shape index (κ1) is 44.0. The summed E-state index contributed by atoms with van der Waals surface area (Å²) in [7, 11) is -6.09. The molecule has 2 aliphatic rings. The van der Waals surface area contributed by atoms with Crippen molar-refractivity contribution in [3.63, 3.8) is 0 Å². The number of anilines is 2. The van der Waals surface area contributed by atoms with E-state index in [4.69, 9.17) is 17.7 Å². The van der Waals surface area contributed by atoms with Crippen molar-refractivity contribution in [1.82, 2.24) is 0 Å². The zero-order valence-electron chi connectivity index (χ0n) is 32.7. The van der Waals surface area contributed by atoms with E-state index in [0.717, 1.165) is 102 Å². The Morgan fingerprint density at radius 3 is 1.93 bits per heavy atom. The highest BCUT2D eigenvalue weighted by Crippen LogP contribution is 2.39. The molecule has 0 saturated heterocycles. The number of hydrogen-bond donors (Lipinski definition) is 2. The number of halogens is 3. The van der Waals surface area contributed by atoms with Crippen molar-refractivity contribution in [2.75, 3.05) is 36.0 Å². The number of alkyl halides is 3. The number of aliphatic hydroxyl groups is 1. The maximum atomic E-state index is 12.1. The number of carbonyl (C=O) groups excluding carboxylic acids is 1. The van der Waals surface area contributed by atoms with E-state index in [1.807, 2.05) is 0 Å². The first-order chi connectivity index (χ1) is 26.6. The van der Waals surface area contributed by atoms with Gasteiger partial charge in [-0.3, -0.25) is 0 Å². The van der Waals surface area contributed by atoms with Crippen LogP contribution in [0.1, 0.15) is 88.1 Å². The molecule has 2 N–H and O–H groups in total. The van der Waals surface area contributed by atoms with Gasteiger partial charge in [0.05, 0.1) is 12.2 Å². The van der Waals surface area contributed by atoms with Crippen LogP contribution in [-0.2, 0) is 26.3 Å². The van der Waals surface area contributed by atoms with E-state index in [9.17, 15) is 23.1 Å². The second kappa shape index (κ2) is 19.4. The second-order valence-corrected chi connectivity index (χ2v) is 15.0. The van der Waals surface area contributed by atoms with Crippen LogP contribution in [-0.4, -0.2) is 73.6 Å². The molecular weight excluding hydrogens is 744 g/mol. The van der Waals surface area contributed by atoms with Crippen LogP contribution in [0.2, 0.25) is 0 Å². The Bertz CT molecular complexity index is 2040. The van der Waals surface area contributed by atoms with Gasteiger partial charge < -0.3 is 24.2 Å². The summed E-state index contributed by atoms with van der Waals surface area (Å²) in [5, 5.41) is 10.7. The highest BCUT2D eigenvalue weighted by molar-refractivity contribution is 7.86. The van der Waals surface area contributed by atoms with Gasteiger partial charge in [-0.15, -0.1) is 0 Å². The van der Waals surface area contributed by atoms with Crippen LogP contribution >= 0.6 is 0 Å². The van der Waals surface area contributed by atoms with Crippen LogP contribution in [0.4, 0.5) is 24.5 Å². The predicted octanol–water partition coefficient (Wildman–Crippen LogP) is 6.75. The minimum Gasteiger partial charge on any atom is -0.741 e. The summed E-state index contributed by atoms with van der Waals surface area (Å²) in [6.07, 6.45) is 7.92.